The second-order valence-corrected chi connectivity index (χ2v) is 3.83. The van der Waals surface area contributed by atoms with Crippen molar-refractivity contribution < 1.29 is 18.0 Å². The van der Waals surface area contributed by atoms with Gasteiger partial charge in [0.1, 0.15) is 0 Å². The third kappa shape index (κ3) is 1.93. The van der Waals surface area contributed by atoms with Crippen molar-refractivity contribution in [1.29, 1.82) is 0 Å². The summed E-state index contributed by atoms with van der Waals surface area (Å²) in [5.41, 5.74) is 7.09. The smallest absolute Gasteiger partial charge is 0.301 e. The van der Waals surface area contributed by atoms with Gasteiger partial charge in [-0.1, -0.05) is 0 Å². The van der Waals surface area contributed by atoms with E-state index in [2.05, 4.69) is 11.0 Å². The van der Waals surface area contributed by atoms with Crippen molar-refractivity contribution in [2.24, 2.45) is 0 Å². The van der Waals surface area contributed by atoms with Gasteiger partial charge in [-0.3, -0.25) is 4.79 Å². The zero-order chi connectivity index (χ0) is 12.8. The zero-order valence-electron chi connectivity index (χ0n) is 9.14. The Hall–Kier alpha value is -1.76. The minimum Gasteiger partial charge on any atom is -0.301 e. The van der Waals surface area contributed by atoms with Gasteiger partial charge in [0.2, 0.25) is 0 Å². The third-order valence-corrected chi connectivity index (χ3v) is 2.60. The van der Waals surface area contributed by atoms with E-state index in [4.69, 9.17) is 0 Å². The van der Waals surface area contributed by atoms with Crippen LogP contribution < -0.4 is 16.0 Å². The maximum atomic E-state index is 12.3. The molecule has 1 amide bonds. The van der Waals surface area contributed by atoms with Gasteiger partial charge < -0.3 is 5.43 Å². The molecule has 0 bridgehead atoms. The molecular weight excluding hydrogens is 235 g/mol. The highest BCUT2D eigenvalue weighted by atomic mass is 19.4. The molecule has 2 rings (SSSR count). The van der Waals surface area contributed by atoms with Crippen LogP contribution in [0.15, 0.2) is 12.1 Å². The lowest BCUT2D eigenvalue weighted by Crippen LogP contribution is -2.48. The Kier molecular flexibility index (Phi) is 2.50. The summed E-state index contributed by atoms with van der Waals surface area (Å²) in [5, 5.41) is 0.460. The summed E-state index contributed by atoms with van der Waals surface area (Å²) in [6.07, 6.45) is -4.91. The summed E-state index contributed by atoms with van der Waals surface area (Å²) in [6, 6.07) is 3.21. The Morgan fingerprint density at radius 2 is 1.82 bits per heavy atom. The van der Waals surface area contributed by atoms with Crippen LogP contribution in [0.1, 0.15) is 11.1 Å². The van der Waals surface area contributed by atoms with E-state index in [1.54, 1.807) is 13.0 Å². The number of fused-ring (bicyclic) bond motifs is 1. The fourth-order valence-electron chi connectivity index (χ4n) is 1.55. The van der Waals surface area contributed by atoms with E-state index in [1.807, 2.05) is 6.92 Å². The summed E-state index contributed by atoms with van der Waals surface area (Å²) >= 11 is 0. The van der Waals surface area contributed by atoms with Crippen molar-refractivity contribution in [2.75, 3.05) is 10.4 Å². The number of benzene rings is 1. The van der Waals surface area contributed by atoms with E-state index < -0.39 is 12.1 Å². The van der Waals surface area contributed by atoms with E-state index in [1.165, 1.54) is 6.07 Å². The van der Waals surface area contributed by atoms with Crippen LogP contribution in [-0.2, 0) is 4.79 Å². The molecular formula is C10H10F3N3O. The number of hydrogen-bond acceptors (Lipinski definition) is 3. The summed E-state index contributed by atoms with van der Waals surface area (Å²) in [7, 11) is 0. The number of halogens is 3. The molecule has 0 spiro atoms. The highest BCUT2D eigenvalue weighted by molar-refractivity contribution is 6.01. The maximum Gasteiger partial charge on any atom is 0.473 e. The summed E-state index contributed by atoms with van der Waals surface area (Å²) in [5.74, 6) is -1.95. The van der Waals surface area contributed by atoms with Crippen LogP contribution in [0.2, 0.25) is 0 Å². The minimum atomic E-state index is -4.91. The number of carbonyl (C=O) groups excluding carboxylic acids is 1. The van der Waals surface area contributed by atoms with E-state index in [0.29, 0.717) is 10.7 Å². The van der Waals surface area contributed by atoms with Crippen LogP contribution in [0.25, 0.3) is 0 Å². The van der Waals surface area contributed by atoms with Crippen molar-refractivity contribution >= 4 is 17.3 Å². The topological polar surface area (TPSA) is 44.4 Å². The van der Waals surface area contributed by atoms with Gasteiger partial charge in [-0.15, -0.1) is 5.53 Å². The molecule has 0 saturated heterocycles. The SMILES string of the molecule is Cc1cc2c(cc1C)N(C(=O)C(F)(F)F)NN2. The average molecular weight is 245 g/mol. The van der Waals surface area contributed by atoms with Gasteiger partial charge in [0, 0.05) is 0 Å². The van der Waals surface area contributed by atoms with Gasteiger partial charge in [0.15, 0.2) is 0 Å². The van der Waals surface area contributed by atoms with Crippen molar-refractivity contribution in [3.63, 3.8) is 0 Å². The first-order valence-corrected chi connectivity index (χ1v) is 4.85. The van der Waals surface area contributed by atoms with Crippen molar-refractivity contribution in [3.05, 3.63) is 23.3 Å². The molecule has 0 aromatic heterocycles. The Balaban J connectivity index is 2.41. The lowest BCUT2D eigenvalue weighted by atomic mass is 10.1. The van der Waals surface area contributed by atoms with Crippen LogP contribution in [-0.4, -0.2) is 12.1 Å². The molecule has 0 aliphatic carbocycles. The fourth-order valence-corrected chi connectivity index (χ4v) is 1.55. The van der Waals surface area contributed by atoms with Crippen molar-refractivity contribution in [2.45, 2.75) is 20.0 Å². The molecule has 0 fully saturated rings. The first-order chi connectivity index (χ1) is 7.80. The number of alkyl halides is 3. The van der Waals surface area contributed by atoms with Gasteiger partial charge in [-0.05, 0) is 37.1 Å². The minimum absolute atomic E-state index is 0.176. The van der Waals surface area contributed by atoms with E-state index in [9.17, 15) is 18.0 Å². The zero-order valence-corrected chi connectivity index (χ0v) is 9.14. The largest absolute Gasteiger partial charge is 0.473 e. The predicted molar refractivity (Wildman–Crippen MR) is 56.2 cm³/mol. The van der Waals surface area contributed by atoms with Gasteiger partial charge in [-0.25, -0.2) is 5.01 Å². The fraction of sp³-hybridized carbons (Fsp3) is 0.300. The van der Waals surface area contributed by atoms with Crippen molar-refractivity contribution in [3.8, 4) is 0 Å². The number of amides is 1. The van der Waals surface area contributed by atoms with E-state index in [-0.39, 0.29) is 5.69 Å². The van der Waals surface area contributed by atoms with Crippen LogP contribution in [0.3, 0.4) is 0 Å². The molecule has 0 unspecified atom stereocenters. The second-order valence-electron chi connectivity index (χ2n) is 3.83. The first kappa shape index (κ1) is 11.7. The average Bonchev–Trinajstić information content (AvgIpc) is 2.59. The molecule has 1 aromatic rings. The molecule has 7 heteroatoms. The highest BCUT2D eigenvalue weighted by Gasteiger charge is 2.45. The number of carbonyl (C=O) groups is 1. The van der Waals surface area contributed by atoms with Gasteiger partial charge in [-0.2, -0.15) is 13.2 Å². The Morgan fingerprint density at radius 3 is 2.41 bits per heavy atom. The molecule has 17 heavy (non-hydrogen) atoms. The van der Waals surface area contributed by atoms with Crippen LogP contribution in [0.4, 0.5) is 24.5 Å². The van der Waals surface area contributed by atoms with E-state index >= 15 is 0 Å². The Labute approximate surface area is 95.3 Å². The number of nitrogens with one attached hydrogen (secondary N) is 2. The van der Waals surface area contributed by atoms with Crippen LogP contribution in [0.5, 0.6) is 0 Å². The normalized spacial score (nSPS) is 14.5. The molecule has 4 nitrogen and oxygen atoms in total. The molecule has 0 radical (unpaired) electrons. The molecule has 1 aliphatic heterocycles. The van der Waals surface area contributed by atoms with Gasteiger partial charge in [0.05, 0.1) is 11.4 Å². The molecule has 2 N–H and O–H groups in total. The number of rotatable bonds is 0. The first-order valence-electron chi connectivity index (χ1n) is 4.85. The maximum absolute atomic E-state index is 12.3. The van der Waals surface area contributed by atoms with Crippen LogP contribution >= 0.6 is 0 Å². The lowest BCUT2D eigenvalue weighted by molar-refractivity contribution is -0.171. The Morgan fingerprint density at radius 1 is 1.24 bits per heavy atom. The number of hydrogen-bond donors (Lipinski definition) is 2. The molecule has 1 aromatic carbocycles. The third-order valence-electron chi connectivity index (χ3n) is 2.60. The summed E-state index contributed by atoms with van der Waals surface area (Å²) in [4.78, 5) is 11.1. The number of anilines is 2. The number of nitrogens with zero attached hydrogens (tertiary/aromatic N) is 1. The predicted octanol–water partition coefficient (Wildman–Crippen LogP) is 2.04. The quantitative estimate of drug-likeness (QED) is 0.735. The highest BCUT2D eigenvalue weighted by Crippen LogP contribution is 2.34. The monoisotopic (exact) mass is 245 g/mol. The van der Waals surface area contributed by atoms with Gasteiger partial charge in [0.25, 0.3) is 0 Å². The van der Waals surface area contributed by atoms with E-state index in [0.717, 1.165) is 11.1 Å². The standard InChI is InChI=1S/C10H10F3N3O/c1-5-3-7-8(4-6(5)2)16(15-14-7)9(17)10(11,12)13/h3-4,14-15H,1-2H3. The summed E-state index contributed by atoms with van der Waals surface area (Å²) in [6.45, 7) is 3.61. The Bertz CT molecular complexity index is 484. The van der Waals surface area contributed by atoms with Crippen molar-refractivity contribution in [1.82, 2.24) is 5.53 Å². The van der Waals surface area contributed by atoms with Crippen LogP contribution in [0, 0.1) is 13.8 Å². The lowest BCUT2D eigenvalue weighted by Gasteiger charge is -2.17. The number of hydrazine groups is 2. The number of aryl methyl sites for hydroxylation is 2. The molecule has 92 valence electrons. The molecule has 0 saturated carbocycles. The summed E-state index contributed by atoms with van der Waals surface area (Å²) < 4.78 is 36.9. The molecule has 1 heterocycles. The molecule has 1 aliphatic rings. The molecule has 0 atom stereocenters. The van der Waals surface area contributed by atoms with Gasteiger partial charge >= 0.3 is 12.1 Å². The second kappa shape index (κ2) is 3.63.